The lowest BCUT2D eigenvalue weighted by Crippen LogP contribution is -2.31. The van der Waals surface area contributed by atoms with Crippen molar-refractivity contribution in [3.05, 3.63) is 0 Å². The topological polar surface area (TPSA) is 213 Å². The second-order valence-corrected chi connectivity index (χ2v) is 15.8. The average Bonchev–Trinajstić information content (AvgIpc) is 3.15. The Bertz CT molecular complexity index is 1030. The predicted molar refractivity (Wildman–Crippen MR) is 220 cm³/mol. The Morgan fingerprint density at radius 3 is 1.11 bits per heavy atom. The normalized spacial score (nSPS) is 13.2. The van der Waals surface area contributed by atoms with Crippen LogP contribution in [0.1, 0.15) is 181 Å². The van der Waals surface area contributed by atoms with E-state index in [4.69, 9.17) is 39.5 Å². The van der Waals surface area contributed by atoms with E-state index in [2.05, 4.69) is 13.8 Å². The third kappa shape index (κ3) is 37.8. The molecule has 0 spiro atoms. The maximum atomic E-state index is 12.8. The van der Waals surface area contributed by atoms with Gasteiger partial charge in [0.05, 0.1) is 26.1 Å². The Morgan fingerprint density at radius 2 is 0.750 bits per heavy atom. The molecule has 2 unspecified atom stereocenters. The van der Waals surface area contributed by atoms with E-state index in [0.29, 0.717) is 12.8 Å². The number of hydrogen-bond donors (Lipinski definition) is 3. The molecule has 0 aromatic carbocycles. The van der Waals surface area contributed by atoms with Crippen LogP contribution in [0.5, 0.6) is 0 Å². The van der Waals surface area contributed by atoms with Crippen molar-refractivity contribution in [2.75, 3.05) is 39.5 Å². The molecule has 0 aliphatic carbocycles. The fourth-order valence-corrected chi connectivity index (χ4v) is 6.52. The smallest absolute Gasteiger partial charge is 0.462 e. The molecule has 0 aromatic rings. The van der Waals surface area contributed by atoms with Crippen molar-refractivity contribution in [2.24, 2.45) is 11.5 Å². The Hall–Kier alpha value is -1.80. The molecule has 5 N–H and O–H groups in total. The van der Waals surface area contributed by atoms with Crippen LogP contribution in [0.15, 0.2) is 0 Å². The van der Waals surface area contributed by atoms with Gasteiger partial charge in [0.1, 0.15) is 13.2 Å². The monoisotopic (exact) mass is 844 g/mol. The first-order valence-corrected chi connectivity index (χ1v) is 22.8. The third-order valence-corrected chi connectivity index (χ3v) is 9.92. The van der Waals surface area contributed by atoms with Crippen molar-refractivity contribution in [3.63, 3.8) is 0 Å². The first kappa shape index (κ1) is 56.3. The van der Waals surface area contributed by atoms with Gasteiger partial charge < -0.3 is 35.3 Å². The molecule has 56 heavy (non-hydrogen) atoms. The number of halogens is 1. The summed E-state index contributed by atoms with van der Waals surface area (Å²) in [7, 11) is -4.81. The number of carbonyl (C=O) groups excluding carboxylic acids is 4. The lowest BCUT2D eigenvalue weighted by atomic mass is 10.1. The molecule has 0 aliphatic rings. The summed E-state index contributed by atoms with van der Waals surface area (Å²) in [6.45, 7) is 2.40. The van der Waals surface area contributed by atoms with Gasteiger partial charge in [-0.1, -0.05) is 142 Å². The highest BCUT2D eigenvalue weighted by molar-refractivity contribution is 7.47. The van der Waals surface area contributed by atoms with Crippen molar-refractivity contribution in [1.82, 2.24) is 0 Å². The number of rotatable bonds is 40. The van der Waals surface area contributed by atoms with Crippen LogP contribution >= 0.6 is 20.2 Å². The molecule has 0 bridgehead atoms. The number of ether oxygens (including phenoxy) is 4. The van der Waals surface area contributed by atoms with E-state index in [1.54, 1.807) is 0 Å². The minimum absolute atomic E-state index is 0. The van der Waals surface area contributed by atoms with E-state index >= 15 is 0 Å². The number of unbranched alkanes of at least 4 members (excludes halogenated alkanes) is 20. The van der Waals surface area contributed by atoms with Gasteiger partial charge in [0, 0.05) is 25.9 Å². The highest BCUT2D eigenvalue weighted by atomic mass is 35.5. The van der Waals surface area contributed by atoms with E-state index in [-0.39, 0.29) is 57.8 Å². The molecule has 0 amide bonds. The number of phosphoric ester groups is 1. The fraction of sp³-hybridized carbons (Fsp3) is 0.900. The zero-order valence-corrected chi connectivity index (χ0v) is 36.4. The van der Waals surface area contributed by atoms with Crippen molar-refractivity contribution in [2.45, 2.75) is 193 Å². The number of phosphoric acid groups is 1. The third-order valence-electron chi connectivity index (χ3n) is 8.97. The van der Waals surface area contributed by atoms with Crippen LogP contribution in [0.2, 0.25) is 0 Å². The van der Waals surface area contributed by atoms with Crippen LogP contribution in [0.4, 0.5) is 0 Å². The molecule has 332 valence electrons. The van der Waals surface area contributed by atoms with Gasteiger partial charge in [-0.25, -0.2) is 4.57 Å². The lowest BCUT2D eigenvalue weighted by Gasteiger charge is -2.22. The molecule has 16 heteroatoms. The maximum Gasteiger partial charge on any atom is 0.472 e. The molecule has 0 aliphatic heterocycles. The van der Waals surface area contributed by atoms with Gasteiger partial charge in [-0.2, -0.15) is 0 Å². The molecular weight excluding hydrogens is 767 g/mol. The molecular formula is C40H78ClN2O12P. The largest absolute Gasteiger partial charge is 0.472 e. The SMILES string of the molecule is CCCCCCCCCCCCCC(=O)OC[C@H](COP(=O)(O)OCC(COC(=O)CCN)OC(=O)CCN)OC(=O)CCCCCCCCCCCCC.Cl. The van der Waals surface area contributed by atoms with E-state index < -0.39 is 63.7 Å². The first-order valence-electron chi connectivity index (χ1n) is 21.3. The Labute approximate surface area is 343 Å². The predicted octanol–water partition coefficient (Wildman–Crippen LogP) is 8.55. The van der Waals surface area contributed by atoms with Crippen molar-refractivity contribution < 1.29 is 56.6 Å². The van der Waals surface area contributed by atoms with Crippen LogP contribution < -0.4 is 11.5 Å². The summed E-state index contributed by atoms with van der Waals surface area (Å²) < 4.78 is 44.0. The van der Waals surface area contributed by atoms with Crippen molar-refractivity contribution >= 4 is 44.1 Å². The molecule has 14 nitrogen and oxygen atoms in total. The Balaban J connectivity index is 0. The van der Waals surface area contributed by atoms with Crippen molar-refractivity contribution in [3.8, 4) is 0 Å². The van der Waals surface area contributed by atoms with Crippen molar-refractivity contribution in [1.29, 1.82) is 0 Å². The van der Waals surface area contributed by atoms with E-state index in [9.17, 15) is 28.6 Å². The standard InChI is InChI=1S/C40H77N2O12P.ClH/c1-3-5-7-9-11-13-15-17-19-21-23-25-37(43)49-31-35(53-39(45)26-24-22-20-18-16-14-12-10-8-6-4-2)33-51-55(47,48)52-34-36(54-40(46)28-30-42)32-50-38(44)27-29-41;/h35-36H,3-34,41-42H2,1-2H3,(H,47,48);1H/t35-,36?;/m1./s1. The summed E-state index contributed by atoms with van der Waals surface area (Å²) >= 11 is 0. The molecule has 0 aromatic heterocycles. The van der Waals surface area contributed by atoms with Gasteiger partial charge in [-0.05, 0) is 12.8 Å². The second kappa shape index (κ2) is 40.0. The molecule has 0 fully saturated rings. The molecule has 0 rings (SSSR count). The summed E-state index contributed by atoms with van der Waals surface area (Å²) in [6.07, 6.45) is 22.8. The van der Waals surface area contributed by atoms with Gasteiger partial charge in [0.25, 0.3) is 0 Å². The van der Waals surface area contributed by atoms with Gasteiger partial charge in [0.2, 0.25) is 0 Å². The van der Waals surface area contributed by atoms with E-state index in [0.717, 1.165) is 38.5 Å². The van der Waals surface area contributed by atoms with Gasteiger partial charge in [-0.15, -0.1) is 12.4 Å². The van der Waals surface area contributed by atoms with E-state index in [1.807, 2.05) is 0 Å². The minimum atomic E-state index is -4.81. The maximum absolute atomic E-state index is 12.8. The first-order chi connectivity index (χ1) is 26.6. The zero-order valence-electron chi connectivity index (χ0n) is 34.7. The van der Waals surface area contributed by atoms with Crippen LogP contribution in [-0.2, 0) is 51.7 Å². The number of hydrogen-bond acceptors (Lipinski definition) is 13. The quantitative estimate of drug-likeness (QED) is 0.0228. The molecule has 0 saturated heterocycles. The summed E-state index contributed by atoms with van der Waals surface area (Å²) in [4.78, 5) is 59.4. The van der Waals surface area contributed by atoms with Crippen LogP contribution in [0, 0.1) is 0 Å². The molecule has 0 saturated carbocycles. The van der Waals surface area contributed by atoms with Crippen LogP contribution in [0.3, 0.4) is 0 Å². The number of nitrogens with two attached hydrogens (primary N) is 2. The Kier molecular flexibility index (Phi) is 40.2. The average molecular weight is 845 g/mol. The zero-order chi connectivity index (χ0) is 40.8. The number of esters is 4. The molecule has 3 atom stereocenters. The van der Waals surface area contributed by atoms with Gasteiger partial charge in [-0.3, -0.25) is 28.2 Å². The highest BCUT2D eigenvalue weighted by Gasteiger charge is 2.29. The fourth-order valence-electron chi connectivity index (χ4n) is 5.73. The van der Waals surface area contributed by atoms with Gasteiger partial charge in [0.15, 0.2) is 12.2 Å². The molecule has 0 radical (unpaired) electrons. The summed E-state index contributed by atoms with van der Waals surface area (Å²) in [5.41, 5.74) is 10.7. The van der Waals surface area contributed by atoms with Gasteiger partial charge >= 0.3 is 31.7 Å². The van der Waals surface area contributed by atoms with E-state index in [1.165, 1.54) is 89.9 Å². The summed E-state index contributed by atoms with van der Waals surface area (Å²) in [5.74, 6) is -2.37. The highest BCUT2D eigenvalue weighted by Crippen LogP contribution is 2.43. The number of carbonyl (C=O) groups is 4. The Morgan fingerprint density at radius 1 is 0.464 bits per heavy atom. The lowest BCUT2D eigenvalue weighted by molar-refractivity contribution is -0.162. The van der Waals surface area contributed by atoms with Crippen LogP contribution in [-0.4, -0.2) is 80.5 Å². The molecule has 0 heterocycles. The minimum Gasteiger partial charge on any atom is -0.462 e. The van der Waals surface area contributed by atoms with Crippen LogP contribution in [0.25, 0.3) is 0 Å². The summed E-state index contributed by atoms with van der Waals surface area (Å²) in [6, 6.07) is 0. The second-order valence-electron chi connectivity index (χ2n) is 14.3. The summed E-state index contributed by atoms with van der Waals surface area (Å²) in [5, 5.41) is 0.